The number of likely N-dealkylation sites (N-methyl/N-ethyl adjacent to an activating group) is 1. The van der Waals surface area contributed by atoms with Gasteiger partial charge in [-0.2, -0.15) is 17.0 Å². The number of rotatable bonds is 22. The van der Waals surface area contributed by atoms with E-state index in [2.05, 4.69) is 10.2 Å². The predicted molar refractivity (Wildman–Crippen MR) is 196 cm³/mol. The van der Waals surface area contributed by atoms with Crippen molar-refractivity contribution in [1.82, 2.24) is 18.8 Å². The van der Waals surface area contributed by atoms with E-state index in [9.17, 15) is 22.9 Å². The highest BCUT2D eigenvalue weighted by atomic mass is 32.2. The molecule has 0 aromatic heterocycles. The first kappa shape index (κ1) is 42.9. The zero-order valence-electron chi connectivity index (χ0n) is 31.5. The molecule has 3 saturated heterocycles. The summed E-state index contributed by atoms with van der Waals surface area (Å²) in [5.41, 5.74) is 0.740. The Kier molecular flexibility index (Phi) is 17.1. The lowest BCUT2D eigenvalue weighted by Gasteiger charge is -2.37. The van der Waals surface area contributed by atoms with Crippen molar-refractivity contribution in [2.24, 2.45) is 11.8 Å². The minimum absolute atomic E-state index is 0.00769. The van der Waals surface area contributed by atoms with E-state index < -0.39 is 48.4 Å². The van der Waals surface area contributed by atoms with Crippen molar-refractivity contribution in [2.75, 3.05) is 79.1 Å². The van der Waals surface area contributed by atoms with Crippen LogP contribution < -0.4 is 10.1 Å². The van der Waals surface area contributed by atoms with Gasteiger partial charge in [0.15, 0.2) is 12.6 Å². The largest absolute Gasteiger partial charge is 0.481 e. The Morgan fingerprint density at radius 1 is 1.04 bits per heavy atom. The van der Waals surface area contributed by atoms with Gasteiger partial charge in [0.05, 0.1) is 44.5 Å². The summed E-state index contributed by atoms with van der Waals surface area (Å²) in [4.78, 5) is 15.4. The molecule has 17 heteroatoms. The van der Waals surface area contributed by atoms with Gasteiger partial charge in [-0.1, -0.05) is 52.7 Å². The van der Waals surface area contributed by atoms with Crippen LogP contribution in [0.5, 0.6) is 5.75 Å². The number of amides is 1. The molecule has 1 aromatic rings. The summed E-state index contributed by atoms with van der Waals surface area (Å²) in [5, 5.41) is 14.5. The molecule has 0 unspecified atom stereocenters. The average molecular weight is 777 g/mol. The zero-order valence-corrected chi connectivity index (χ0v) is 33.2. The molecule has 4 rings (SSSR count). The molecule has 0 spiro atoms. The van der Waals surface area contributed by atoms with Crippen LogP contribution in [0.25, 0.3) is 0 Å². The van der Waals surface area contributed by atoms with E-state index in [1.807, 2.05) is 34.7 Å². The van der Waals surface area contributed by atoms with Crippen LogP contribution in [0.4, 0.5) is 4.79 Å². The van der Waals surface area contributed by atoms with E-state index in [1.165, 1.54) is 8.61 Å². The Hall–Kier alpha value is -1.85. The molecule has 1 aromatic carbocycles. The third kappa shape index (κ3) is 12.9. The van der Waals surface area contributed by atoms with E-state index in [-0.39, 0.29) is 44.3 Å². The van der Waals surface area contributed by atoms with Crippen LogP contribution >= 0.6 is 7.60 Å². The molecular weight excluding hydrogens is 715 g/mol. The number of carbonyl (C=O) groups excluding carboxylic acids is 1. The molecule has 3 aliphatic rings. The predicted octanol–water partition coefficient (Wildman–Crippen LogP) is 4.06. The van der Waals surface area contributed by atoms with Gasteiger partial charge in [-0.3, -0.25) is 4.57 Å². The second-order valence-corrected chi connectivity index (χ2v) is 18.2. The first-order chi connectivity index (χ1) is 24.8. The SMILES string of the molecule is CCCCOP(=O)(COc1ccc(C[C@H](NC(=O)O[C@H]2CO[C@H]3OCC[C@H]32)[C@H](O)CN(CC(C)C)S(=O)(=O)N2CCN(C)CC2)cc1)OCCCC. The normalized spacial score (nSPS) is 22.8. The van der Waals surface area contributed by atoms with Gasteiger partial charge in [0.2, 0.25) is 0 Å². The minimum Gasteiger partial charge on any atom is -0.481 e. The molecule has 298 valence electrons. The number of nitrogens with zero attached hydrogens (tertiary/aromatic N) is 3. The minimum atomic E-state index is -3.89. The standard InChI is InChI=1S/C35H61N4O11PS/c1-6-8-19-48-51(42,49-20-9-7-2)26-47-29-12-10-28(11-13-29)22-31(36-35(41)50-33-25-46-34-30(33)14-21-45-34)32(40)24-39(23-27(3)4)52(43,44)38-17-15-37(5)16-18-38/h10-13,27,30-34,40H,6-9,14-26H2,1-5H3,(H,36,41)/t30-,31-,32+,33-,34+/m0/s1. The third-order valence-corrected chi connectivity index (χ3v) is 13.0. The number of alkyl carbamates (subject to hydrolysis) is 1. The van der Waals surface area contributed by atoms with Crippen LogP contribution in [0.2, 0.25) is 0 Å². The van der Waals surface area contributed by atoms with E-state index in [0.29, 0.717) is 58.2 Å². The van der Waals surface area contributed by atoms with Gasteiger partial charge in [-0.25, -0.2) is 4.79 Å². The molecule has 3 aliphatic heterocycles. The van der Waals surface area contributed by atoms with Crippen LogP contribution in [0.15, 0.2) is 24.3 Å². The number of ether oxygens (including phenoxy) is 4. The first-order valence-corrected chi connectivity index (χ1v) is 21.9. The monoisotopic (exact) mass is 776 g/mol. The number of hydrogen-bond acceptors (Lipinski definition) is 12. The maximum Gasteiger partial charge on any atom is 0.407 e. The second kappa shape index (κ2) is 20.7. The fraction of sp³-hybridized carbons (Fsp3) is 0.800. The van der Waals surface area contributed by atoms with E-state index in [0.717, 1.165) is 31.2 Å². The van der Waals surface area contributed by atoms with Gasteiger partial charge in [0.1, 0.15) is 11.9 Å². The quantitative estimate of drug-likeness (QED) is 0.128. The van der Waals surface area contributed by atoms with Crippen LogP contribution in [-0.4, -0.2) is 137 Å². The lowest BCUT2D eigenvalue weighted by Crippen LogP contribution is -2.56. The Bertz CT molecular complexity index is 1370. The number of unbranched alkanes of at least 4 members (excludes halogenated alkanes) is 2. The molecule has 0 aliphatic carbocycles. The van der Waals surface area contributed by atoms with Gasteiger partial charge in [0.25, 0.3) is 10.2 Å². The van der Waals surface area contributed by atoms with Crippen LogP contribution in [-0.2, 0) is 44.5 Å². The average Bonchev–Trinajstić information content (AvgIpc) is 3.73. The molecule has 2 N–H and O–H groups in total. The van der Waals surface area contributed by atoms with Gasteiger partial charge in [-0.15, -0.1) is 0 Å². The van der Waals surface area contributed by atoms with Crippen LogP contribution in [0.1, 0.15) is 65.4 Å². The highest BCUT2D eigenvalue weighted by molar-refractivity contribution is 7.86. The molecule has 0 saturated carbocycles. The van der Waals surface area contributed by atoms with Crippen molar-refractivity contribution >= 4 is 23.9 Å². The number of nitrogens with one attached hydrogen (secondary N) is 1. The van der Waals surface area contributed by atoms with Crippen LogP contribution in [0, 0.1) is 11.8 Å². The molecule has 5 atom stereocenters. The van der Waals surface area contributed by atoms with Crippen LogP contribution in [0.3, 0.4) is 0 Å². The molecule has 3 fully saturated rings. The molecular formula is C35H61N4O11PS. The third-order valence-electron chi connectivity index (χ3n) is 9.43. The maximum absolute atomic E-state index is 13.9. The van der Waals surface area contributed by atoms with Crippen molar-refractivity contribution in [2.45, 2.75) is 90.8 Å². The lowest BCUT2D eigenvalue weighted by atomic mass is 10.0. The Balaban J connectivity index is 1.47. The summed E-state index contributed by atoms with van der Waals surface area (Å²) < 4.78 is 77.9. The van der Waals surface area contributed by atoms with Crippen molar-refractivity contribution in [1.29, 1.82) is 0 Å². The lowest BCUT2D eigenvalue weighted by molar-refractivity contribution is -0.0907. The number of aliphatic hydroxyl groups excluding tert-OH is 1. The van der Waals surface area contributed by atoms with E-state index >= 15 is 0 Å². The fourth-order valence-corrected chi connectivity index (χ4v) is 9.40. The highest BCUT2D eigenvalue weighted by Crippen LogP contribution is 2.48. The van der Waals surface area contributed by atoms with Gasteiger partial charge in [-0.05, 0) is 56.3 Å². The van der Waals surface area contributed by atoms with E-state index in [1.54, 1.807) is 24.3 Å². The van der Waals surface area contributed by atoms with Gasteiger partial charge >= 0.3 is 13.7 Å². The number of benzene rings is 1. The van der Waals surface area contributed by atoms with Crippen molar-refractivity contribution in [3.63, 3.8) is 0 Å². The second-order valence-electron chi connectivity index (χ2n) is 14.3. The first-order valence-electron chi connectivity index (χ1n) is 18.8. The van der Waals surface area contributed by atoms with Gasteiger partial charge in [0, 0.05) is 39.3 Å². The molecule has 1 amide bonds. The number of fused-ring (bicyclic) bond motifs is 1. The Morgan fingerprint density at radius 3 is 2.31 bits per heavy atom. The summed E-state index contributed by atoms with van der Waals surface area (Å²) >= 11 is 0. The topological polar surface area (TPSA) is 166 Å². The smallest absolute Gasteiger partial charge is 0.407 e. The fourth-order valence-electron chi connectivity index (χ4n) is 6.28. The highest BCUT2D eigenvalue weighted by Gasteiger charge is 2.44. The molecule has 3 heterocycles. The maximum atomic E-state index is 13.9. The summed E-state index contributed by atoms with van der Waals surface area (Å²) in [6.07, 6.45) is 1.03. The number of carbonyl (C=O) groups is 1. The molecule has 15 nitrogen and oxygen atoms in total. The van der Waals surface area contributed by atoms with Crippen molar-refractivity contribution in [3.05, 3.63) is 29.8 Å². The summed E-state index contributed by atoms with van der Waals surface area (Å²) in [5.74, 6) is 0.371. The Labute approximate surface area is 310 Å². The van der Waals surface area contributed by atoms with Crippen molar-refractivity contribution in [3.8, 4) is 5.75 Å². The summed E-state index contributed by atoms with van der Waals surface area (Å²) in [6.45, 7) is 11.2. The van der Waals surface area contributed by atoms with E-state index in [4.69, 9.17) is 28.0 Å². The number of hydrogen-bond donors (Lipinski definition) is 2. The van der Waals surface area contributed by atoms with Gasteiger partial charge < -0.3 is 43.3 Å². The molecule has 52 heavy (non-hydrogen) atoms. The molecule has 0 bridgehead atoms. The Morgan fingerprint density at radius 2 is 1.69 bits per heavy atom. The molecule has 0 radical (unpaired) electrons. The summed E-state index contributed by atoms with van der Waals surface area (Å²) in [7, 11) is -5.41. The summed E-state index contributed by atoms with van der Waals surface area (Å²) in [6, 6.07) is 6.06. The van der Waals surface area contributed by atoms with Crippen molar-refractivity contribution < 1.29 is 50.9 Å². The number of aliphatic hydroxyl groups is 1. The number of piperazine rings is 1. The zero-order chi connectivity index (χ0) is 37.7.